The smallest absolute Gasteiger partial charge is 0.260 e. The molecule has 1 aromatic carbocycles. The highest BCUT2D eigenvalue weighted by molar-refractivity contribution is 5.77. The van der Waals surface area contributed by atoms with Crippen LogP contribution in [0.4, 0.5) is 0 Å². The van der Waals surface area contributed by atoms with Crippen molar-refractivity contribution >= 4 is 5.91 Å². The third-order valence-electron chi connectivity index (χ3n) is 2.96. The quantitative estimate of drug-likeness (QED) is 0.846. The van der Waals surface area contributed by atoms with Crippen LogP contribution in [0.3, 0.4) is 0 Å². The van der Waals surface area contributed by atoms with Crippen molar-refractivity contribution in [1.29, 1.82) is 5.26 Å². The second-order valence-corrected chi connectivity index (χ2v) is 4.69. The van der Waals surface area contributed by atoms with Crippen molar-refractivity contribution in [1.82, 2.24) is 4.90 Å². The van der Waals surface area contributed by atoms with Crippen LogP contribution in [-0.4, -0.2) is 24.5 Å². The first-order valence-corrected chi connectivity index (χ1v) is 6.50. The average Bonchev–Trinajstić information content (AvgIpc) is 2.90. The maximum atomic E-state index is 12.0. The Balaban J connectivity index is 1.84. The molecule has 0 atom stereocenters. The number of nitrogens with zero attached hydrogens (tertiary/aromatic N) is 2. The van der Waals surface area contributed by atoms with Gasteiger partial charge in [0.05, 0.1) is 18.2 Å². The predicted molar refractivity (Wildman–Crippen MR) is 76.6 cm³/mol. The van der Waals surface area contributed by atoms with Crippen LogP contribution in [0.15, 0.2) is 40.8 Å². The molecule has 0 aliphatic rings. The summed E-state index contributed by atoms with van der Waals surface area (Å²) in [6, 6.07) is 12.4. The van der Waals surface area contributed by atoms with Crippen LogP contribution in [0.5, 0.6) is 5.75 Å². The molecule has 0 radical (unpaired) electrons. The summed E-state index contributed by atoms with van der Waals surface area (Å²) in [5.41, 5.74) is 0.555. The first kappa shape index (κ1) is 14.7. The first-order chi connectivity index (χ1) is 10.1. The third kappa shape index (κ3) is 4.11. The Morgan fingerprint density at radius 3 is 2.57 bits per heavy atom. The molecular formula is C16H16N2O3. The molecule has 0 saturated heterocycles. The van der Waals surface area contributed by atoms with Gasteiger partial charge in [0.1, 0.15) is 17.3 Å². The van der Waals surface area contributed by atoms with E-state index in [9.17, 15) is 4.79 Å². The van der Waals surface area contributed by atoms with Gasteiger partial charge >= 0.3 is 0 Å². The number of benzene rings is 1. The number of likely N-dealkylation sites (N-methyl/N-ethyl adjacent to an activating group) is 1. The highest BCUT2D eigenvalue weighted by atomic mass is 16.5. The number of nitriles is 1. The Morgan fingerprint density at radius 2 is 2.00 bits per heavy atom. The van der Waals surface area contributed by atoms with Crippen LogP contribution in [-0.2, 0) is 11.3 Å². The molecule has 0 aliphatic heterocycles. The van der Waals surface area contributed by atoms with Gasteiger partial charge < -0.3 is 14.1 Å². The van der Waals surface area contributed by atoms with Crippen molar-refractivity contribution in [3.63, 3.8) is 0 Å². The predicted octanol–water partition coefficient (Wildman–Crippen LogP) is 2.50. The molecule has 0 fully saturated rings. The Morgan fingerprint density at radius 1 is 1.29 bits per heavy atom. The minimum absolute atomic E-state index is 0.0535. The lowest BCUT2D eigenvalue weighted by atomic mass is 10.2. The molecule has 5 heteroatoms. The molecule has 2 aromatic rings. The zero-order valence-corrected chi connectivity index (χ0v) is 12.0. The Bertz CT molecular complexity index is 653. The van der Waals surface area contributed by atoms with E-state index < -0.39 is 0 Å². The van der Waals surface area contributed by atoms with E-state index >= 15 is 0 Å². The monoisotopic (exact) mass is 284 g/mol. The highest BCUT2D eigenvalue weighted by Gasteiger charge is 2.12. The van der Waals surface area contributed by atoms with Gasteiger partial charge in [0.15, 0.2) is 6.61 Å². The SMILES string of the molecule is Cc1ccc(CN(C)C(=O)COc2ccc(C#N)cc2)o1. The fourth-order valence-corrected chi connectivity index (χ4v) is 1.77. The van der Waals surface area contributed by atoms with Gasteiger partial charge in [-0.2, -0.15) is 5.26 Å². The van der Waals surface area contributed by atoms with E-state index in [1.165, 1.54) is 0 Å². The molecule has 1 aromatic heterocycles. The van der Waals surface area contributed by atoms with Crippen molar-refractivity contribution in [2.24, 2.45) is 0 Å². The van der Waals surface area contributed by atoms with E-state index in [-0.39, 0.29) is 12.5 Å². The lowest BCUT2D eigenvalue weighted by Crippen LogP contribution is -2.30. The van der Waals surface area contributed by atoms with E-state index in [1.807, 2.05) is 25.1 Å². The zero-order valence-electron chi connectivity index (χ0n) is 12.0. The lowest BCUT2D eigenvalue weighted by Gasteiger charge is -2.16. The second kappa shape index (κ2) is 6.62. The van der Waals surface area contributed by atoms with Gasteiger partial charge in [-0.15, -0.1) is 0 Å². The summed E-state index contributed by atoms with van der Waals surface area (Å²) in [7, 11) is 1.70. The van der Waals surface area contributed by atoms with Crippen LogP contribution in [0.2, 0.25) is 0 Å². The van der Waals surface area contributed by atoms with Gasteiger partial charge in [-0.3, -0.25) is 4.79 Å². The maximum Gasteiger partial charge on any atom is 0.260 e. The van der Waals surface area contributed by atoms with E-state index in [4.69, 9.17) is 14.4 Å². The average molecular weight is 284 g/mol. The molecule has 0 unspecified atom stereocenters. The third-order valence-corrected chi connectivity index (χ3v) is 2.96. The number of furan rings is 1. The fraction of sp³-hybridized carbons (Fsp3) is 0.250. The van der Waals surface area contributed by atoms with Crippen molar-refractivity contribution < 1.29 is 13.9 Å². The molecule has 2 rings (SSSR count). The molecule has 1 amide bonds. The van der Waals surface area contributed by atoms with Gasteiger partial charge in [0, 0.05) is 7.05 Å². The number of ether oxygens (including phenoxy) is 1. The van der Waals surface area contributed by atoms with Crippen LogP contribution in [0.25, 0.3) is 0 Å². The number of hydrogen-bond donors (Lipinski definition) is 0. The van der Waals surface area contributed by atoms with Crippen molar-refractivity contribution in [3.8, 4) is 11.8 Å². The maximum absolute atomic E-state index is 12.0. The number of carbonyl (C=O) groups is 1. The second-order valence-electron chi connectivity index (χ2n) is 4.69. The van der Waals surface area contributed by atoms with Crippen molar-refractivity contribution in [2.75, 3.05) is 13.7 Å². The van der Waals surface area contributed by atoms with Crippen molar-refractivity contribution in [2.45, 2.75) is 13.5 Å². The molecule has 21 heavy (non-hydrogen) atoms. The largest absolute Gasteiger partial charge is 0.484 e. The molecule has 0 aliphatic carbocycles. The molecule has 5 nitrogen and oxygen atoms in total. The van der Waals surface area contributed by atoms with Crippen molar-refractivity contribution in [3.05, 3.63) is 53.5 Å². The number of hydrogen-bond acceptors (Lipinski definition) is 4. The zero-order chi connectivity index (χ0) is 15.2. The molecule has 1 heterocycles. The summed E-state index contributed by atoms with van der Waals surface area (Å²) in [5, 5.41) is 8.70. The van der Waals surface area contributed by atoms with Crippen LogP contribution in [0, 0.1) is 18.3 Å². The van der Waals surface area contributed by atoms with Crippen LogP contribution < -0.4 is 4.74 Å². The lowest BCUT2D eigenvalue weighted by molar-refractivity contribution is -0.132. The van der Waals surface area contributed by atoms with Crippen LogP contribution in [0.1, 0.15) is 17.1 Å². The Kier molecular flexibility index (Phi) is 4.62. The van der Waals surface area contributed by atoms with Gasteiger partial charge in [0.2, 0.25) is 0 Å². The molecule has 0 saturated carbocycles. The van der Waals surface area contributed by atoms with Gasteiger partial charge in [-0.05, 0) is 43.3 Å². The Hall–Kier alpha value is -2.74. The summed E-state index contributed by atoms with van der Waals surface area (Å²) >= 11 is 0. The van der Waals surface area contributed by atoms with E-state index in [2.05, 4.69) is 0 Å². The minimum Gasteiger partial charge on any atom is -0.484 e. The first-order valence-electron chi connectivity index (χ1n) is 6.50. The van der Waals surface area contributed by atoms with Crippen LogP contribution >= 0.6 is 0 Å². The molecule has 0 bridgehead atoms. The summed E-state index contributed by atoms with van der Waals surface area (Å²) in [6.07, 6.45) is 0. The summed E-state index contributed by atoms with van der Waals surface area (Å²) in [5.74, 6) is 1.97. The molecular weight excluding hydrogens is 268 g/mol. The summed E-state index contributed by atoms with van der Waals surface area (Å²) in [6.45, 7) is 2.21. The van der Waals surface area contributed by atoms with E-state index in [0.29, 0.717) is 17.9 Å². The standard InChI is InChI=1S/C16H16N2O3/c1-12-3-6-15(21-12)10-18(2)16(19)11-20-14-7-4-13(9-17)5-8-14/h3-8H,10-11H2,1-2H3. The molecule has 0 spiro atoms. The van der Waals surface area contributed by atoms with Gasteiger partial charge in [-0.1, -0.05) is 0 Å². The number of aryl methyl sites for hydroxylation is 1. The summed E-state index contributed by atoms with van der Waals surface area (Å²) in [4.78, 5) is 13.5. The minimum atomic E-state index is -0.145. The fourth-order valence-electron chi connectivity index (χ4n) is 1.77. The van der Waals surface area contributed by atoms with Gasteiger partial charge in [-0.25, -0.2) is 0 Å². The molecule has 0 N–H and O–H groups in total. The summed E-state index contributed by atoms with van der Waals surface area (Å²) < 4.78 is 10.8. The number of amides is 1. The highest BCUT2D eigenvalue weighted by Crippen LogP contribution is 2.12. The number of rotatable bonds is 5. The normalized spacial score (nSPS) is 9.95. The van der Waals surface area contributed by atoms with E-state index in [1.54, 1.807) is 36.2 Å². The topological polar surface area (TPSA) is 66.5 Å². The molecule has 108 valence electrons. The Labute approximate surface area is 123 Å². The van der Waals surface area contributed by atoms with E-state index in [0.717, 1.165) is 11.5 Å². The van der Waals surface area contributed by atoms with Gasteiger partial charge in [0.25, 0.3) is 5.91 Å². The number of carbonyl (C=O) groups excluding carboxylic acids is 1.